The summed E-state index contributed by atoms with van der Waals surface area (Å²) in [6, 6.07) is 25.4. The van der Waals surface area contributed by atoms with Gasteiger partial charge in [0.15, 0.2) is 5.76 Å². The Bertz CT molecular complexity index is 1420. The first-order valence-corrected chi connectivity index (χ1v) is 12.6. The number of hydrogen-bond acceptors (Lipinski definition) is 4. The topological polar surface area (TPSA) is 92.4 Å². The van der Waals surface area contributed by atoms with Crippen LogP contribution in [-0.4, -0.2) is 22.1 Å². The van der Waals surface area contributed by atoms with Gasteiger partial charge in [0.1, 0.15) is 0 Å². The lowest BCUT2D eigenvalue weighted by atomic mass is 9.92. The maximum absolute atomic E-state index is 13.1. The van der Waals surface area contributed by atoms with Crippen LogP contribution in [0.2, 0.25) is 0 Å². The smallest absolute Gasteiger partial charge is 0.314 e. The molecule has 37 heavy (non-hydrogen) atoms. The Balaban J connectivity index is 1.34. The lowest BCUT2D eigenvalue weighted by molar-refractivity contribution is -0.140. The molecule has 2 atom stereocenters. The van der Waals surface area contributed by atoms with E-state index < -0.39 is 17.3 Å². The van der Waals surface area contributed by atoms with Crippen molar-refractivity contribution in [3.05, 3.63) is 101 Å². The Hall–Kier alpha value is -4.19. The van der Waals surface area contributed by atoms with E-state index in [2.05, 4.69) is 10.5 Å². The molecular formula is C31H30N2O4. The highest BCUT2D eigenvalue weighted by Crippen LogP contribution is 2.48. The molecule has 188 valence electrons. The van der Waals surface area contributed by atoms with Gasteiger partial charge >= 0.3 is 5.97 Å². The highest BCUT2D eigenvalue weighted by molar-refractivity contribution is 5.87. The first kappa shape index (κ1) is 24.5. The SMILES string of the molecule is Cc1noc(-c2ccc(-c3ccc(C4(C(=O)O)CC4)cc3)cc2)c1C(C)C(=O)NC(C)c1ccccc1. The number of carbonyl (C=O) groups is 2. The normalized spacial score (nSPS) is 15.5. The minimum Gasteiger partial charge on any atom is -0.481 e. The molecule has 1 aliphatic carbocycles. The van der Waals surface area contributed by atoms with E-state index in [4.69, 9.17) is 4.52 Å². The molecule has 1 aliphatic rings. The van der Waals surface area contributed by atoms with Crippen molar-refractivity contribution in [1.82, 2.24) is 10.5 Å². The van der Waals surface area contributed by atoms with Crippen LogP contribution in [0.4, 0.5) is 0 Å². The fourth-order valence-corrected chi connectivity index (χ4v) is 4.94. The van der Waals surface area contributed by atoms with Gasteiger partial charge in [-0.05, 0) is 55.9 Å². The maximum Gasteiger partial charge on any atom is 0.314 e. The number of aromatic nitrogens is 1. The van der Waals surface area contributed by atoms with Gasteiger partial charge < -0.3 is 14.9 Å². The summed E-state index contributed by atoms with van der Waals surface area (Å²) in [5, 5.41) is 16.8. The summed E-state index contributed by atoms with van der Waals surface area (Å²) in [5.74, 6) is -0.689. The number of carboxylic acids is 1. The van der Waals surface area contributed by atoms with Crippen LogP contribution >= 0.6 is 0 Å². The van der Waals surface area contributed by atoms with Crippen LogP contribution in [0.3, 0.4) is 0 Å². The monoisotopic (exact) mass is 494 g/mol. The van der Waals surface area contributed by atoms with Crippen molar-refractivity contribution in [2.45, 2.75) is 51.0 Å². The fraction of sp³-hybridized carbons (Fsp3) is 0.258. The van der Waals surface area contributed by atoms with Crippen LogP contribution in [0.1, 0.15) is 61.0 Å². The second-order valence-corrected chi connectivity index (χ2v) is 9.92. The molecule has 1 saturated carbocycles. The Labute approximate surface area is 216 Å². The van der Waals surface area contributed by atoms with Crippen LogP contribution < -0.4 is 5.32 Å². The number of carbonyl (C=O) groups excluding carboxylic acids is 1. The van der Waals surface area contributed by atoms with Gasteiger partial charge in [-0.2, -0.15) is 0 Å². The summed E-state index contributed by atoms with van der Waals surface area (Å²) in [4.78, 5) is 24.7. The van der Waals surface area contributed by atoms with Gasteiger partial charge in [0.2, 0.25) is 5.91 Å². The van der Waals surface area contributed by atoms with Gasteiger partial charge in [0.05, 0.1) is 23.1 Å². The van der Waals surface area contributed by atoms with Gasteiger partial charge in [0.25, 0.3) is 0 Å². The number of amides is 1. The number of benzene rings is 3. The molecule has 1 heterocycles. The zero-order valence-corrected chi connectivity index (χ0v) is 21.2. The van der Waals surface area contributed by atoms with Crippen molar-refractivity contribution in [3.8, 4) is 22.5 Å². The number of rotatable bonds is 8. The van der Waals surface area contributed by atoms with E-state index in [9.17, 15) is 14.7 Å². The summed E-state index contributed by atoms with van der Waals surface area (Å²) in [7, 11) is 0. The quantitative estimate of drug-likeness (QED) is 0.295. The number of aliphatic carboxylic acids is 1. The fourth-order valence-electron chi connectivity index (χ4n) is 4.94. The first-order valence-electron chi connectivity index (χ1n) is 12.6. The molecule has 1 amide bonds. The molecule has 2 unspecified atom stereocenters. The second kappa shape index (κ2) is 9.69. The number of nitrogens with zero attached hydrogens (tertiary/aromatic N) is 1. The van der Waals surface area contributed by atoms with E-state index in [1.165, 1.54) is 0 Å². The molecule has 5 rings (SSSR count). The van der Waals surface area contributed by atoms with Gasteiger partial charge in [-0.1, -0.05) is 84.0 Å². The largest absolute Gasteiger partial charge is 0.481 e. The van der Waals surface area contributed by atoms with Crippen molar-refractivity contribution in [1.29, 1.82) is 0 Å². The second-order valence-electron chi connectivity index (χ2n) is 9.92. The van der Waals surface area contributed by atoms with E-state index in [-0.39, 0.29) is 11.9 Å². The van der Waals surface area contributed by atoms with Crippen LogP contribution in [0.5, 0.6) is 0 Å². The first-order chi connectivity index (χ1) is 17.8. The Morgan fingerprint density at radius 1 is 0.892 bits per heavy atom. The maximum atomic E-state index is 13.1. The Morgan fingerprint density at radius 2 is 1.46 bits per heavy atom. The highest BCUT2D eigenvalue weighted by Gasteiger charge is 2.51. The molecule has 6 heteroatoms. The van der Waals surface area contributed by atoms with Crippen molar-refractivity contribution < 1.29 is 19.2 Å². The number of hydrogen-bond donors (Lipinski definition) is 2. The molecule has 0 aliphatic heterocycles. The number of nitrogens with one attached hydrogen (secondary N) is 1. The molecular weight excluding hydrogens is 464 g/mol. The predicted octanol–water partition coefficient (Wildman–Crippen LogP) is 6.41. The van der Waals surface area contributed by atoms with E-state index in [1.54, 1.807) is 0 Å². The average molecular weight is 495 g/mol. The molecule has 2 N–H and O–H groups in total. The van der Waals surface area contributed by atoms with Crippen molar-refractivity contribution >= 4 is 11.9 Å². The lowest BCUT2D eigenvalue weighted by Gasteiger charge is -2.18. The Kier molecular flexibility index (Phi) is 6.42. The minimum atomic E-state index is -0.750. The molecule has 0 bridgehead atoms. The number of aryl methyl sites for hydroxylation is 1. The zero-order chi connectivity index (χ0) is 26.2. The van der Waals surface area contributed by atoms with E-state index >= 15 is 0 Å². The van der Waals surface area contributed by atoms with Crippen molar-refractivity contribution in [2.75, 3.05) is 0 Å². The molecule has 0 radical (unpaired) electrons. The molecule has 1 fully saturated rings. The Morgan fingerprint density at radius 3 is 2.03 bits per heavy atom. The lowest BCUT2D eigenvalue weighted by Crippen LogP contribution is -2.30. The molecule has 0 spiro atoms. The van der Waals surface area contributed by atoms with Gasteiger partial charge in [-0.15, -0.1) is 0 Å². The van der Waals surface area contributed by atoms with Crippen LogP contribution in [0.15, 0.2) is 83.4 Å². The zero-order valence-electron chi connectivity index (χ0n) is 21.2. The average Bonchev–Trinajstić information content (AvgIpc) is 3.65. The van der Waals surface area contributed by atoms with Gasteiger partial charge in [0, 0.05) is 11.1 Å². The van der Waals surface area contributed by atoms with E-state index in [0.717, 1.165) is 33.4 Å². The summed E-state index contributed by atoms with van der Waals surface area (Å²) >= 11 is 0. The van der Waals surface area contributed by atoms with Gasteiger partial charge in [-0.25, -0.2) is 0 Å². The summed E-state index contributed by atoms with van der Waals surface area (Å²) in [6.45, 7) is 5.70. The summed E-state index contributed by atoms with van der Waals surface area (Å²) < 4.78 is 5.68. The highest BCUT2D eigenvalue weighted by atomic mass is 16.5. The van der Waals surface area contributed by atoms with E-state index in [1.807, 2.05) is 99.6 Å². The van der Waals surface area contributed by atoms with Crippen molar-refractivity contribution in [3.63, 3.8) is 0 Å². The standard InChI is InChI=1S/C31H30N2O4/c1-19(29(34)32-20(2)22-7-5-4-6-8-22)27-21(3)33-37-28(27)25-11-9-23(10-12-25)24-13-15-26(16-14-24)31(17-18-31)30(35)36/h4-16,19-20H,17-18H2,1-3H3,(H,32,34)(H,35,36). The van der Waals surface area contributed by atoms with Crippen molar-refractivity contribution in [2.24, 2.45) is 0 Å². The third-order valence-corrected chi connectivity index (χ3v) is 7.47. The summed E-state index contributed by atoms with van der Waals surface area (Å²) in [6.07, 6.45) is 1.38. The minimum absolute atomic E-state index is 0.0876. The molecule has 6 nitrogen and oxygen atoms in total. The van der Waals surface area contributed by atoms with Crippen LogP contribution in [0.25, 0.3) is 22.5 Å². The molecule has 4 aromatic rings. The van der Waals surface area contributed by atoms with Crippen LogP contribution in [0, 0.1) is 6.92 Å². The van der Waals surface area contributed by atoms with E-state index in [0.29, 0.717) is 24.3 Å². The van der Waals surface area contributed by atoms with Crippen LogP contribution in [-0.2, 0) is 15.0 Å². The summed E-state index contributed by atoms with van der Waals surface area (Å²) in [5.41, 5.74) is 5.53. The molecule has 3 aromatic carbocycles. The third kappa shape index (κ3) is 4.67. The number of carboxylic acid groups (broad SMARTS) is 1. The molecule has 0 saturated heterocycles. The van der Waals surface area contributed by atoms with Gasteiger partial charge in [-0.3, -0.25) is 9.59 Å². The molecule has 1 aromatic heterocycles. The predicted molar refractivity (Wildman–Crippen MR) is 142 cm³/mol. The third-order valence-electron chi connectivity index (χ3n) is 7.47.